The third kappa shape index (κ3) is 5.75. The van der Waals surface area contributed by atoms with Crippen LogP contribution in [0.3, 0.4) is 0 Å². The van der Waals surface area contributed by atoms with E-state index in [4.69, 9.17) is 21.1 Å². The van der Waals surface area contributed by atoms with Gasteiger partial charge in [0.05, 0.1) is 18.1 Å². The fraction of sp³-hybridized carbons (Fsp3) is 0.529. The van der Waals surface area contributed by atoms with Gasteiger partial charge in [-0.25, -0.2) is 0 Å². The number of carbonyl (C=O) groups is 2. The van der Waals surface area contributed by atoms with Gasteiger partial charge in [0, 0.05) is 12.6 Å². The first-order valence-corrected chi connectivity index (χ1v) is 8.03. The first kappa shape index (κ1) is 19.3. The van der Waals surface area contributed by atoms with Gasteiger partial charge in [0.1, 0.15) is 5.75 Å². The van der Waals surface area contributed by atoms with Gasteiger partial charge in [-0.05, 0) is 25.5 Å². The summed E-state index contributed by atoms with van der Waals surface area (Å²) in [6, 6.07) is 7.00. The highest BCUT2D eigenvalue weighted by atomic mass is 35.5. The normalized spacial score (nSPS) is 13.1. The molecule has 23 heavy (non-hydrogen) atoms. The van der Waals surface area contributed by atoms with Gasteiger partial charge in [0.25, 0.3) is 5.91 Å². The zero-order valence-corrected chi connectivity index (χ0v) is 14.8. The maximum absolute atomic E-state index is 12.5. The summed E-state index contributed by atoms with van der Waals surface area (Å²) in [7, 11) is 1.34. The molecule has 0 fully saturated rings. The summed E-state index contributed by atoms with van der Waals surface area (Å²) in [5.74, 6) is -0.445. The first-order valence-electron chi connectivity index (χ1n) is 7.65. The Labute approximate surface area is 142 Å². The highest BCUT2D eigenvalue weighted by Gasteiger charge is 2.25. The monoisotopic (exact) mass is 341 g/mol. The van der Waals surface area contributed by atoms with Crippen LogP contribution in [0.5, 0.6) is 5.75 Å². The van der Waals surface area contributed by atoms with E-state index in [1.807, 2.05) is 13.8 Å². The number of esters is 1. The number of nitrogens with zero attached hydrogens (tertiary/aromatic N) is 1. The molecule has 0 saturated heterocycles. The number of methoxy groups -OCH3 is 1. The molecule has 6 heteroatoms. The maximum atomic E-state index is 12.5. The van der Waals surface area contributed by atoms with Crippen LogP contribution in [-0.4, -0.2) is 43.1 Å². The van der Waals surface area contributed by atoms with E-state index in [9.17, 15) is 9.59 Å². The number of benzene rings is 1. The Morgan fingerprint density at radius 2 is 1.91 bits per heavy atom. The molecule has 1 aromatic carbocycles. The largest absolute Gasteiger partial charge is 0.482 e. The Balaban J connectivity index is 2.72. The van der Waals surface area contributed by atoms with Crippen LogP contribution in [0.1, 0.15) is 27.2 Å². The summed E-state index contributed by atoms with van der Waals surface area (Å²) in [6.07, 6.45) is 0.783. The number of hydrogen-bond donors (Lipinski definition) is 0. The Bertz CT molecular complexity index is 535. The lowest BCUT2D eigenvalue weighted by Crippen LogP contribution is -2.44. The van der Waals surface area contributed by atoms with E-state index in [2.05, 4.69) is 0 Å². The molecule has 0 bridgehead atoms. The summed E-state index contributed by atoms with van der Waals surface area (Å²) in [4.78, 5) is 25.7. The molecule has 0 aromatic heterocycles. The molecule has 0 heterocycles. The Hall–Kier alpha value is -1.75. The summed E-state index contributed by atoms with van der Waals surface area (Å²) in [6.45, 7) is 5.85. The second-order valence-electron chi connectivity index (χ2n) is 5.45. The Morgan fingerprint density at radius 3 is 2.48 bits per heavy atom. The summed E-state index contributed by atoms with van der Waals surface area (Å²) >= 11 is 6.01. The lowest BCUT2D eigenvalue weighted by Gasteiger charge is -2.30. The van der Waals surface area contributed by atoms with E-state index >= 15 is 0 Å². The lowest BCUT2D eigenvalue weighted by atomic mass is 10.1. The average molecular weight is 342 g/mol. The zero-order valence-electron chi connectivity index (χ0n) is 14.0. The standard InChI is InChI=1S/C17H24ClNO4/c1-5-13(3)19(10-12(2)17(21)22-4)16(20)11-23-15-9-7-6-8-14(15)18/h6-9,12-13H,5,10-11H2,1-4H3. The molecule has 0 spiro atoms. The van der Waals surface area contributed by atoms with Crippen LogP contribution in [0.25, 0.3) is 0 Å². The van der Waals surface area contributed by atoms with Crippen LogP contribution in [0.4, 0.5) is 0 Å². The molecular formula is C17H24ClNO4. The molecular weight excluding hydrogens is 318 g/mol. The predicted molar refractivity (Wildman–Crippen MR) is 89.6 cm³/mol. The van der Waals surface area contributed by atoms with Gasteiger partial charge in [-0.1, -0.05) is 37.6 Å². The van der Waals surface area contributed by atoms with Crippen LogP contribution in [0.15, 0.2) is 24.3 Å². The Morgan fingerprint density at radius 1 is 1.26 bits per heavy atom. The van der Waals surface area contributed by atoms with Crippen molar-refractivity contribution >= 4 is 23.5 Å². The number of ether oxygens (including phenoxy) is 2. The van der Waals surface area contributed by atoms with Gasteiger partial charge in [-0.2, -0.15) is 0 Å². The molecule has 2 atom stereocenters. The molecule has 0 radical (unpaired) electrons. The molecule has 5 nitrogen and oxygen atoms in total. The third-order valence-electron chi connectivity index (χ3n) is 3.71. The van der Waals surface area contributed by atoms with Crippen molar-refractivity contribution in [2.75, 3.05) is 20.3 Å². The topological polar surface area (TPSA) is 55.8 Å². The fourth-order valence-electron chi connectivity index (χ4n) is 2.10. The van der Waals surface area contributed by atoms with Crippen molar-refractivity contribution in [1.82, 2.24) is 4.90 Å². The minimum atomic E-state index is -0.390. The van der Waals surface area contributed by atoms with Gasteiger partial charge in [-0.15, -0.1) is 0 Å². The van der Waals surface area contributed by atoms with Gasteiger partial charge in [-0.3, -0.25) is 9.59 Å². The van der Waals surface area contributed by atoms with E-state index in [1.165, 1.54) is 7.11 Å². The molecule has 0 aliphatic heterocycles. The van der Waals surface area contributed by atoms with Crippen LogP contribution >= 0.6 is 11.6 Å². The second kappa shape index (κ2) is 9.40. The fourth-order valence-corrected chi connectivity index (χ4v) is 2.29. The number of para-hydroxylation sites is 1. The van der Waals surface area contributed by atoms with E-state index in [1.54, 1.807) is 36.1 Å². The molecule has 128 valence electrons. The smallest absolute Gasteiger partial charge is 0.310 e. The SMILES string of the molecule is CCC(C)N(CC(C)C(=O)OC)C(=O)COc1ccccc1Cl. The highest BCUT2D eigenvalue weighted by Crippen LogP contribution is 2.23. The molecule has 0 aliphatic carbocycles. The van der Waals surface area contributed by atoms with E-state index in [0.717, 1.165) is 6.42 Å². The number of halogens is 1. The summed E-state index contributed by atoms with van der Waals surface area (Å²) < 4.78 is 10.2. The van der Waals surface area contributed by atoms with Crippen molar-refractivity contribution < 1.29 is 19.1 Å². The molecule has 0 N–H and O–H groups in total. The van der Waals surface area contributed by atoms with Crippen molar-refractivity contribution in [2.45, 2.75) is 33.2 Å². The summed E-state index contributed by atoms with van der Waals surface area (Å²) in [5, 5.41) is 0.457. The lowest BCUT2D eigenvalue weighted by molar-refractivity contribution is -0.147. The predicted octanol–water partition coefficient (Wildman–Crippen LogP) is 3.16. The Kier molecular flexibility index (Phi) is 7.89. The number of rotatable bonds is 8. The molecule has 1 amide bonds. The molecule has 0 saturated carbocycles. The quantitative estimate of drug-likeness (QED) is 0.681. The number of carbonyl (C=O) groups excluding carboxylic acids is 2. The van der Waals surface area contributed by atoms with Gasteiger partial charge in [0.2, 0.25) is 0 Å². The number of amides is 1. The van der Waals surface area contributed by atoms with Crippen molar-refractivity contribution in [1.29, 1.82) is 0 Å². The van der Waals surface area contributed by atoms with Crippen LogP contribution in [-0.2, 0) is 14.3 Å². The van der Waals surface area contributed by atoms with Gasteiger partial charge in [0.15, 0.2) is 6.61 Å². The number of hydrogen-bond acceptors (Lipinski definition) is 4. The molecule has 1 rings (SSSR count). The van der Waals surface area contributed by atoms with E-state index < -0.39 is 5.92 Å². The van der Waals surface area contributed by atoms with Crippen LogP contribution in [0, 0.1) is 5.92 Å². The highest BCUT2D eigenvalue weighted by molar-refractivity contribution is 6.32. The third-order valence-corrected chi connectivity index (χ3v) is 4.02. The summed E-state index contributed by atoms with van der Waals surface area (Å²) in [5.41, 5.74) is 0. The first-order chi connectivity index (χ1) is 10.9. The molecule has 1 aromatic rings. The van der Waals surface area contributed by atoms with Crippen molar-refractivity contribution in [3.8, 4) is 5.75 Å². The minimum absolute atomic E-state index is 0.00412. The van der Waals surface area contributed by atoms with Crippen molar-refractivity contribution in [3.05, 3.63) is 29.3 Å². The maximum Gasteiger partial charge on any atom is 0.310 e. The van der Waals surface area contributed by atoms with Gasteiger partial charge < -0.3 is 14.4 Å². The average Bonchev–Trinajstić information content (AvgIpc) is 2.56. The van der Waals surface area contributed by atoms with Crippen molar-refractivity contribution in [3.63, 3.8) is 0 Å². The van der Waals surface area contributed by atoms with E-state index in [-0.39, 0.29) is 24.5 Å². The second-order valence-corrected chi connectivity index (χ2v) is 5.85. The van der Waals surface area contributed by atoms with Crippen LogP contribution in [0.2, 0.25) is 5.02 Å². The zero-order chi connectivity index (χ0) is 17.4. The van der Waals surface area contributed by atoms with Crippen molar-refractivity contribution in [2.24, 2.45) is 5.92 Å². The van der Waals surface area contributed by atoms with Gasteiger partial charge >= 0.3 is 5.97 Å². The molecule has 0 aliphatic rings. The molecule has 2 unspecified atom stereocenters. The van der Waals surface area contributed by atoms with Crippen LogP contribution < -0.4 is 4.74 Å². The minimum Gasteiger partial charge on any atom is -0.482 e. The van der Waals surface area contributed by atoms with E-state index in [0.29, 0.717) is 17.3 Å².